The van der Waals surface area contributed by atoms with Gasteiger partial charge in [0.1, 0.15) is 0 Å². The van der Waals surface area contributed by atoms with Crippen molar-refractivity contribution in [3.63, 3.8) is 0 Å². The summed E-state index contributed by atoms with van der Waals surface area (Å²) in [5.74, 6) is -0.207. The summed E-state index contributed by atoms with van der Waals surface area (Å²) >= 11 is 2.41. The molecule has 1 saturated heterocycles. The van der Waals surface area contributed by atoms with Crippen LogP contribution in [0.3, 0.4) is 0 Å². The summed E-state index contributed by atoms with van der Waals surface area (Å²) in [7, 11) is 0. The SMILES string of the molecule is CCCCC1(CCCI)OCCO1. The van der Waals surface area contributed by atoms with E-state index < -0.39 is 0 Å². The maximum absolute atomic E-state index is 5.72. The normalized spacial score (nSPS) is 20.8. The first kappa shape index (κ1) is 11.7. The van der Waals surface area contributed by atoms with Crippen LogP contribution in [0.15, 0.2) is 0 Å². The van der Waals surface area contributed by atoms with E-state index in [4.69, 9.17) is 9.47 Å². The molecule has 1 aliphatic rings. The summed E-state index contributed by atoms with van der Waals surface area (Å²) in [5.41, 5.74) is 0. The van der Waals surface area contributed by atoms with Gasteiger partial charge >= 0.3 is 0 Å². The Balaban J connectivity index is 2.33. The Bertz CT molecular complexity index is 123. The molecule has 1 fully saturated rings. The Labute approximate surface area is 94.5 Å². The van der Waals surface area contributed by atoms with Gasteiger partial charge in [0, 0.05) is 12.8 Å². The minimum absolute atomic E-state index is 0.207. The molecule has 0 aliphatic carbocycles. The van der Waals surface area contributed by atoms with E-state index in [0.717, 1.165) is 26.1 Å². The van der Waals surface area contributed by atoms with Crippen molar-refractivity contribution in [1.29, 1.82) is 0 Å². The minimum atomic E-state index is -0.207. The molecule has 0 aromatic carbocycles. The number of unbranched alkanes of at least 4 members (excludes halogenated alkanes) is 1. The molecule has 0 N–H and O–H groups in total. The minimum Gasteiger partial charge on any atom is -0.348 e. The van der Waals surface area contributed by atoms with Crippen LogP contribution in [-0.2, 0) is 9.47 Å². The summed E-state index contributed by atoms with van der Waals surface area (Å²) in [6.45, 7) is 3.77. The zero-order valence-electron chi connectivity index (χ0n) is 8.35. The van der Waals surface area contributed by atoms with E-state index in [1.165, 1.54) is 23.7 Å². The van der Waals surface area contributed by atoms with E-state index in [1.54, 1.807) is 0 Å². The van der Waals surface area contributed by atoms with Gasteiger partial charge in [-0.05, 0) is 17.3 Å². The molecular formula is C10H19IO2. The van der Waals surface area contributed by atoms with Gasteiger partial charge in [0.25, 0.3) is 0 Å². The zero-order chi connectivity index (χ0) is 9.57. The maximum Gasteiger partial charge on any atom is 0.168 e. The van der Waals surface area contributed by atoms with E-state index in [2.05, 4.69) is 29.5 Å². The van der Waals surface area contributed by atoms with Crippen molar-refractivity contribution in [1.82, 2.24) is 0 Å². The fourth-order valence-electron chi connectivity index (χ4n) is 1.69. The Kier molecular flexibility index (Phi) is 5.58. The number of hydrogen-bond donors (Lipinski definition) is 0. The molecule has 0 amide bonds. The lowest BCUT2D eigenvalue weighted by Crippen LogP contribution is -2.30. The van der Waals surface area contributed by atoms with E-state index in [1.807, 2.05) is 0 Å². The molecule has 0 unspecified atom stereocenters. The lowest BCUT2D eigenvalue weighted by atomic mass is 10.0. The third-order valence-corrected chi connectivity index (χ3v) is 3.18. The Hall–Kier alpha value is 0.650. The van der Waals surface area contributed by atoms with Gasteiger partial charge in [-0.3, -0.25) is 0 Å². The summed E-state index contributed by atoms with van der Waals surface area (Å²) in [6.07, 6.45) is 5.76. The quantitative estimate of drug-likeness (QED) is 0.554. The Morgan fingerprint density at radius 1 is 1.15 bits per heavy atom. The molecular weight excluding hydrogens is 279 g/mol. The van der Waals surface area contributed by atoms with Gasteiger partial charge < -0.3 is 9.47 Å². The maximum atomic E-state index is 5.72. The topological polar surface area (TPSA) is 18.5 Å². The van der Waals surface area contributed by atoms with Crippen molar-refractivity contribution in [2.45, 2.75) is 44.8 Å². The highest BCUT2D eigenvalue weighted by molar-refractivity contribution is 14.1. The third-order valence-electron chi connectivity index (χ3n) is 2.42. The van der Waals surface area contributed by atoms with Gasteiger partial charge in [-0.1, -0.05) is 35.9 Å². The van der Waals surface area contributed by atoms with Crippen molar-refractivity contribution in [2.75, 3.05) is 17.6 Å². The highest BCUT2D eigenvalue weighted by atomic mass is 127. The fraction of sp³-hybridized carbons (Fsp3) is 1.00. The molecule has 0 aromatic rings. The van der Waals surface area contributed by atoms with Gasteiger partial charge in [-0.25, -0.2) is 0 Å². The predicted octanol–water partition coefficient (Wildman–Crippen LogP) is 3.13. The number of halogens is 1. The number of ether oxygens (including phenoxy) is 2. The number of rotatable bonds is 6. The monoisotopic (exact) mass is 298 g/mol. The van der Waals surface area contributed by atoms with Crippen molar-refractivity contribution in [3.05, 3.63) is 0 Å². The van der Waals surface area contributed by atoms with Crippen molar-refractivity contribution in [3.8, 4) is 0 Å². The number of alkyl halides is 1. The van der Waals surface area contributed by atoms with Crippen molar-refractivity contribution < 1.29 is 9.47 Å². The average molecular weight is 298 g/mol. The van der Waals surface area contributed by atoms with Crippen LogP contribution >= 0.6 is 22.6 Å². The molecule has 0 bridgehead atoms. The van der Waals surface area contributed by atoms with Crippen molar-refractivity contribution in [2.24, 2.45) is 0 Å². The van der Waals surface area contributed by atoms with E-state index in [9.17, 15) is 0 Å². The summed E-state index contributed by atoms with van der Waals surface area (Å²) in [4.78, 5) is 0. The molecule has 1 heterocycles. The number of hydrogen-bond acceptors (Lipinski definition) is 2. The van der Waals surface area contributed by atoms with Crippen molar-refractivity contribution >= 4 is 22.6 Å². The largest absolute Gasteiger partial charge is 0.348 e. The molecule has 0 atom stereocenters. The first-order chi connectivity index (χ1) is 6.33. The van der Waals surface area contributed by atoms with Crippen LogP contribution in [0.5, 0.6) is 0 Å². The van der Waals surface area contributed by atoms with Crippen LogP contribution in [0, 0.1) is 0 Å². The fourth-order valence-corrected chi connectivity index (χ4v) is 2.07. The standard InChI is InChI=1S/C10H19IO2/c1-2-3-5-10(6-4-7-11)12-8-9-13-10/h2-9H2,1H3. The molecule has 1 rings (SSSR count). The molecule has 0 saturated carbocycles. The zero-order valence-corrected chi connectivity index (χ0v) is 10.5. The smallest absolute Gasteiger partial charge is 0.168 e. The van der Waals surface area contributed by atoms with Gasteiger partial charge in [-0.15, -0.1) is 0 Å². The van der Waals surface area contributed by atoms with Crippen LogP contribution in [0.25, 0.3) is 0 Å². The Morgan fingerprint density at radius 3 is 2.31 bits per heavy atom. The highest BCUT2D eigenvalue weighted by Gasteiger charge is 2.34. The third kappa shape index (κ3) is 3.72. The highest BCUT2D eigenvalue weighted by Crippen LogP contribution is 2.30. The second kappa shape index (κ2) is 6.19. The van der Waals surface area contributed by atoms with Gasteiger partial charge in [-0.2, -0.15) is 0 Å². The predicted molar refractivity (Wildman–Crippen MR) is 62.3 cm³/mol. The summed E-state index contributed by atoms with van der Waals surface area (Å²) < 4.78 is 12.6. The molecule has 0 spiro atoms. The van der Waals surface area contributed by atoms with Crippen LogP contribution in [-0.4, -0.2) is 23.4 Å². The van der Waals surface area contributed by atoms with Gasteiger partial charge in [0.05, 0.1) is 13.2 Å². The second-order valence-electron chi connectivity index (χ2n) is 3.50. The van der Waals surface area contributed by atoms with E-state index >= 15 is 0 Å². The molecule has 78 valence electrons. The second-order valence-corrected chi connectivity index (χ2v) is 4.58. The molecule has 2 nitrogen and oxygen atoms in total. The van der Waals surface area contributed by atoms with E-state index in [-0.39, 0.29) is 5.79 Å². The van der Waals surface area contributed by atoms with Gasteiger partial charge in [0.15, 0.2) is 5.79 Å². The average Bonchev–Trinajstić information content (AvgIpc) is 2.61. The lowest BCUT2D eigenvalue weighted by molar-refractivity contribution is -0.167. The summed E-state index contributed by atoms with van der Waals surface area (Å²) in [5, 5.41) is 0. The van der Waals surface area contributed by atoms with Crippen LogP contribution in [0.4, 0.5) is 0 Å². The molecule has 1 aliphatic heterocycles. The molecule has 13 heavy (non-hydrogen) atoms. The van der Waals surface area contributed by atoms with E-state index in [0.29, 0.717) is 0 Å². The lowest BCUT2D eigenvalue weighted by Gasteiger charge is -2.27. The molecule has 3 heteroatoms. The van der Waals surface area contributed by atoms with Gasteiger partial charge in [0.2, 0.25) is 0 Å². The van der Waals surface area contributed by atoms with Crippen LogP contribution < -0.4 is 0 Å². The Morgan fingerprint density at radius 2 is 1.77 bits per heavy atom. The first-order valence-electron chi connectivity index (χ1n) is 5.17. The first-order valence-corrected chi connectivity index (χ1v) is 6.69. The molecule has 0 radical (unpaired) electrons. The van der Waals surface area contributed by atoms with Crippen LogP contribution in [0.1, 0.15) is 39.0 Å². The van der Waals surface area contributed by atoms with Crippen LogP contribution in [0.2, 0.25) is 0 Å². The summed E-state index contributed by atoms with van der Waals surface area (Å²) in [6, 6.07) is 0. The molecule has 0 aromatic heterocycles.